The van der Waals surface area contributed by atoms with Crippen molar-refractivity contribution in [1.29, 1.82) is 0 Å². The molecule has 10 heteroatoms. The quantitative estimate of drug-likeness (QED) is 0.546. The van der Waals surface area contributed by atoms with E-state index in [1.54, 1.807) is 36.7 Å². The summed E-state index contributed by atoms with van der Waals surface area (Å²) < 4.78 is 65.7. The van der Waals surface area contributed by atoms with E-state index in [1.165, 1.54) is 12.1 Å². The van der Waals surface area contributed by atoms with Gasteiger partial charge in [-0.05, 0) is 60.5 Å². The van der Waals surface area contributed by atoms with Crippen molar-refractivity contribution in [1.82, 2.24) is 10.3 Å². The lowest BCUT2D eigenvalue weighted by atomic mass is 10.1. The molecular formula is C22H20F3N3O3S. The van der Waals surface area contributed by atoms with Crippen LogP contribution in [0.4, 0.5) is 18.9 Å². The average Bonchev–Trinajstić information content (AvgIpc) is 2.75. The van der Waals surface area contributed by atoms with Gasteiger partial charge in [-0.25, -0.2) is 8.42 Å². The first-order valence-electron chi connectivity index (χ1n) is 9.53. The number of nitrogens with one attached hydrogen (secondary N) is 2. The topological polar surface area (TPSA) is 88.2 Å². The van der Waals surface area contributed by atoms with E-state index in [0.717, 1.165) is 23.8 Å². The lowest BCUT2D eigenvalue weighted by molar-refractivity contribution is -0.137. The van der Waals surface area contributed by atoms with Crippen LogP contribution in [0.3, 0.4) is 0 Å². The van der Waals surface area contributed by atoms with E-state index in [0.29, 0.717) is 11.6 Å². The molecule has 0 spiro atoms. The molecule has 1 aromatic heterocycles. The van der Waals surface area contributed by atoms with Crippen molar-refractivity contribution < 1.29 is 26.4 Å². The number of pyridine rings is 1. The van der Waals surface area contributed by atoms with Crippen LogP contribution in [0.5, 0.6) is 0 Å². The molecule has 1 atom stereocenters. The summed E-state index contributed by atoms with van der Waals surface area (Å²) in [5, 5.41) is 2.87. The van der Waals surface area contributed by atoms with Crippen LogP contribution in [-0.4, -0.2) is 19.3 Å². The van der Waals surface area contributed by atoms with E-state index in [2.05, 4.69) is 15.0 Å². The smallest absolute Gasteiger partial charge is 0.349 e. The van der Waals surface area contributed by atoms with Crippen LogP contribution in [0.1, 0.15) is 29.7 Å². The molecule has 0 unspecified atom stereocenters. The molecule has 1 amide bonds. The van der Waals surface area contributed by atoms with Crippen molar-refractivity contribution in [2.24, 2.45) is 0 Å². The fraction of sp³-hybridized carbons (Fsp3) is 0.182. The zero-order valence-electron chi connectivity index (χ0n) is 16.9. The van der Waals surface area contributed by atoms with Gasteiger partial charge in [0.25, 0.3) is 10.0 Å². The van der Waals surface area contributed by atoms with Crippen molar-refractivity contribution in [2.75, 3.05) is 4.72 Å². The zero-order valence-corrected chi connectivity index (χ0v) is 17.7. The number of rotatable bonds is 7. The van der Waals surface area contributed by atoms with E-state index in [9.17, 15) is 26.4 Å². The molecule has 1 heterocycles. The van der Waals surface area contributed by atoms with Crippen molar-refractivity contribution >= 4 is 21.6 Å². The minimum atomic E-state index is -4.65. The highest BCUT2D eigenvalue weighted by Gasteiger charge is 2.31. The van der Waals surface area contributed by atoms with Gasteiger partial charge < -0.3 is 5.32 Å². The molecule has 0 saturated carbocycles. The fourth-order valence-corrected chi connectivity index (χ4v) is 4.06. The van der Waals surface area contributed by atoms with E-state index in [-0.39, 0.29) is 24.1 Å². The number of sulfonamides is 1. The molecule has 0 bridgehead atoms. The number of halogens is 3. The van der Waals surface area contributed by atoms with Gasteiger partial charge in [-0.1, -0.05) is 18.2 Å². The van der Waals surface area contributed by atoms with Crippen molar-refractivity contribution in [3.63, 3.8) is 0 Å². The van der Waals surface area contributed by atoms with Gasteiger partial charge in [0.2, 0.25) is 5.91 Å². The Morgan fingerprint density at radius 3 is 2.31 bits per heavy atom. The summed E-state index contributed by atoms with van der Waals surface area (Å²) in [7, 11) is -4.21. The number of carbonyl (C=O) groups is 1. The van der Waals surface area contributed by atoms with Gasteiger partial charge in [-0.2, -0.15) is 13.2 Å². The Morgan fingerprint density at radius 1 is 1.03 bits per heavy atom. The fourth-order valence-electron chi connectivity index (χ4n) is 2.96. The molecule has 0 aliphatic heterocycles. The standard InChI is InChI=1S/C22H20F3N3O3S/c1-15(17-9-11-26-12-10-17)27-21(29)13-16-5-7-19(8-6-16)28-32(30,31)20-4-2-3-18(14-20)22(23,24)25/h2-12,14-15,28H,13H2,1H3,(H,27,29)/t15-/m0/s1. The summed E-state index contributed by atoms with van der Waals surface area (Å²) in [6, 6.07) is 12.9. The minimum absolute atomic E-state index is 0.0794. The van der Waals surface area contributed by atoms with Crippen LogP contribution in [0, 0.1) is 0 Å². The van der Waals surface area contributed by atoms with Gasteiger partial charge in [0, 0.05) is 18.1 Å². The molecule has 0 aliphatic carbocycles. The highest BCUT2D eigenvalue weighted by molar-refractivity contribution is 7.92. The Balaban J connectivity index is 1.63. The summed E-state index contributed by atoms with van der Waals surface area (Å²) in [5.74, 6) is -0.216. The van der Waals surface area contributed by atoms with E-state index < -0.39 is 26.7 Å². The van der Waals surface area contributed by atoms with Crippen LogP contribution < -0.4 is 10.0 Å². The summed E-state index contributed by atoms with van der Waals surface area (Å²) in [6.45, 7) is 1.85. The summed E-state index contributed by atoms with van der Waals surface area (Å²) in [4.78, 5) is 15.7. The van der Waals surface area contributed by atoms with Crippen molar-refractivity contribution in [3.8, 4) is 0 Å². The van der Waals surface area contributed by atoms with E-state index in [4.69, 9.17) is 0 Å². The number of hydrogen-bond donors (Lipinski definition) is 2. The average molecular weight is 463 g/mol. The van der Waals surface area contributed by atoms with Crippen LogP contribution in [-0.2, 0) is 27.4 Å². The Kier molecular flexibility index (Phi) is 6.83. The number of carbonyl (C=O) groups excluding carboxylic acids is 1. The van der Waals surface area contributed by atoms with E-state index >= 15 is 0 Å². The normalized spacial score (nSPS) is 12.8. The number of anilines is 1. The molecule has 0 saturated heterocycles. The number of hydrogen-bond acceptors (Lipinski definition) is 4. The predicted octanol–water partition coefficient (Wildman–Crippen LogP) is 4.32. The lowest BCUT2D eigenvalue weighted by Gasteiger charge is -2.14. The van der Waals surface area contributed by atoms with Gasteiger partial charge in [-0.3, -0.25) is 14.5 Å². The maximum Gasteiger partial charge on any atom is 0.416 e. The zero-order chi connectivity index (χ0) is 23.4. The predicted molar refractivity (Wildman–Crippen MR) is 113 cm³/mol. The molecule has 0 fully saturated rings. The van der Waals surface area contributed by atoms with Crippen LogP contribution in [0.25, 0.3) is 0 Å². The van der Waals surface area contributed by atoms with Gasteiger partial charge in [0.15, 0.2) is 0 Å². The number of benzene rings is 2. The third-order valence-corrected chi connectivity index (χ3v) is 6.01. The SMILES string of the molecule is C[C@H](NC(=O)Cc1ccc(NS(=O)(=O)c2cccc(C(F)(F)F)c2)cc1)c1ccncc1. The maximum atomic E-state index is 12.9. The number of aromatic nitrogens is 1. The number of nitrogens with zero attached hydrogens (tertiary/aromatic N) is 1. The molecular weight excluding hydrogens is 443 g/mol. The highest BCUT2D eigenvalue weighted by Crippen LogP contribution is 2.30. The van der Waals surface area contributed by atoms with Crippen LogP contribution in [0.15, 0.2) is 78.0 Å². The second-order valence-electron chi connectivity index (χ2n) is 7.07. The third-order valence-electron chi connectivity index (χ3n) is 4.63. The van der Waals surface area contributed by atoms with Gasteiger partial charge in [0.1, 0.15) is 0 Å². The molecule has 3 aromatic rings. The Bertz CT molecular complexity index is 1180. The Labute approximate surface area is 183 Å². The van der Waals surface area contributed by atoms with Gasteiger partial charge in [-0.15, -0.1) is 0 Å². The number of amides is 1. The third kappa shape index (κ3) is 6.07. The first kappa shape index (κ1) is 23.3. The minimum Gasteiger partial charge on any atom is -0.349 e. The van der Waals surface area contributed by atoms with E-state index in [1.807, 2.05) is 6.92 Å². The maximum absolute atomic E-state index is 12.9. The van der Waals surface area contributed by atoms with Crippen molar-refractivity contribution in [2.45, 2.75) is 30.5 Å². The van der Waals surface area contributed by atoms with Crippen LogP contribution >= 0.6 is 0 Å². The molecule has 2 N–H and O–H groups in total. The molecule has 0 aliphatic rings. The Hall–Kier alpha value is -3.40. The number of alkyl halides is 3. The monoisotopic (exact) mass is 463 g/mol. The molecule has 0 radical (unpaired) electrons. The molecule has 3 rings (SSSR count). The largest absolute Gasteiger partial charge is 0.416 e. The summed E-state index contributed by atoms with van der Waals surface area (Å²) in [6.07, 6.45) is -1.30. The molecule has 6 nitrogen and oxygen atoms in total. The van der Waals surface area contributed by atoms with Gasteiger partial charge >= 0.3 is 6.18 Å². The molecule has 168 valence electrons. The highest BCUT2D eigenvalue weighted by atomic mass is 32.2. The summed E-state index contributed by atoms with van der Waals surface area (Å²) >= 11 is 0. The van der Waals surface area contributed by atoms with Crippen molar-refractivity contribution in [3.05, 3.63) is 89.7 Å². The molecule has 2 aromatic carbocycles. The summed E-state index contributed by atoms with van der Waals surface area (Å²) in [5.41, 5.74) is 0.665. The van der Waals surface area contributed by atoms with Crippen LogP contribution in [0.2, 0.25) is 0 Å². The molecule has 32 heavy (non-hydrogen) atoms. The van der Waals surface area contributed by atoms with Gasteiger partial charge in [0.05, 0.1) is 22.9 Å². The Morgan fingerprint density at radius 2 is 1.69 bits per heavy atom. The first-order valence-corrected chi connectivity index (χ1v) is 11.0. The second kappa shape index (κ2) is 9.39. The lowest BCUT2D eigenvalue weighted by Crippen LogP contribution is -2.28. The second-order valence-corrected chi connectivity index (χ2v) is 8.76. The first-order chi connectivity index (χ1) is 15.0.